The highest BCUT2D eigenvalue weighted by molar-refractivity contribution is 7.20. The van der Waals surface area contributed by atoms with E-state index in [0.29, 0.717) is 0 Å². The number of benzene rings is 2. The van der Waals surface area contributed by atoms with Crippen molar-refractivity contribution in [2.24, 2.45) is 5.10 Å². The van der Waals surface area contributed by atoms with Crippen molar-refractivity contribution in [1.82, 2.24) is 0 Å². The second-order valence-electron chi connectivity index (χ2n) is 4.32. The molecule has 0 bridgehead atoms. The van der Waals surface area contributed by atoms with Gasteiger partial charge in [0, 0.05) is 4.70 Å². The lowest BCUT2D eigenvalue weighted by Crippen LogP contribution is -1.89. The summed E-state index contributed by atoms with van der Waals surface area (Å²) in [7, 11) is 0. The molecule has 3 heteroatoms. The summed E-state index contributed by atoms with van der Waals surface area (Å²) in [5.41, 5.74) is 5.33. The third-order valence-corrected chi connectivity index (χ3v) is 4.24. The van der Waals surface area contributed by atoms with E-state index in [1.807, 2.05) is 36.5 Å². The molecule has 0 atom stereocenters. The zero-order chi connectivity index (χ0) is 13.1. The maximum atomic E-state index is 4.30. The number of nitrogens with one attached hydrogen (secondary N) is 1. The zero-order valence-corrected chi connectivity index (χ0v) is 11.4. The lowest BCUT2D eigenvalue weighted by atomic mass is 10.1. The third kappa shape index (κ3) is 2.51. The fraction of sp³-hybridized carbons (Fsp3) is 0.0625. The molecule has 19 heavy (non-hydrogen) atoms. The van der Waals surface area contributed by atoms with E-state index in [1.165, 1.54) is 20.5 Å². The van der Waals surface area contributed by atoms with Gasteiger partial charge in [-0.05, 0) is 36.1 Å². The van der Waals surface area contributed by atoms with E-state index in [9.17, 15) is 0 Å². The Morgan fingerprint density at radius 3 is 2.53 bits per heavy atom. The summed E-state index contributed by atoms with van der Waals surface area (Å²) in [6, 6.07) is 18.4. The Morgan fingerprint density at radius 1 is 1.00 bits per heavy atom. The van der Waals surface area contributed by atoms with Gasteiger partial charge >= 0.3 is 0 Å². The third-order valence-electron chi connectivity index (χ3n) is 3.03. The van der Waals surface area contributed by atoms with Gasteiger partial charge in [0.2, 0.25) is 0 Å². The molecular weight excluding hydrogens is 252 g/mol. The van der Waals surface area contributed by atoms with Gasteiger partial charge in [-0.2, -0.15) is 5.10 Å². The molecule has 0 spiro atoms. The Bertz CT molecular complexity index is 714. The Kier molecular flexibility index (Phi) is 3.29. The highest BCUT2D eigenvalue weighted by atomic mass is 32.1. The molecule has 0 aliphatic heterocycles. The van der Waals surface area contributed by atoms with Gasteiger partial charge in [-0.1, -0.05) is 36.4 Å². The van der Waals surface area contributed by atoms with Gasteiger partial charge in [-0.3, -0.25) is 5.43 Å². The van der Waals surface area contributed by atoms with Crippen molar-refractivity contribution in [1.29, 1.82) is 0 Å². The minimum atomic E-state index is 0.998. The highest BCUT2D eigenvalue weighted by Crippen LogP contribution is 2.29. The van der Waals surface area contributed by atoms with Gasteiger partial charge in [0.15, 0.2) is 0 Å². The van der Waals surface area contributed by atoms with Crippen LogP contribution in [0.4, 0.5) is 5.69 Å². The number of nitrogens with zero attached hydrogens (tertiary/aromatic N) is 1. The number of aryl methyl sites for hydroxylation is 1. The fourth-order valence-electron chi connectivity index (χ4n) is 1.99. The van der Waals surface area contributed by atoms with Gasteiger partial charge in [-0.25, -0.2) is 0 Å². The molecule has 0 saturated heterocycles. The Hall–Kier alpha value is -2.13. The van der Waals surface area contributed by atoms with E-state index in [-0.39, 0.29) is 0 Å². The van der Waals surface area contributed by atoms with E-state index in [4.69, 9.17) is 0 Å². The average molecular weight is 266 g/mol. The normalized spacial score (nSPS) is 11.2. The first-order valence-electron chi connectivity index (χ1n) is 6.17. The van der Waals surface area contributed by atoms with Crippen LogP contribution < -0.4 is 5.43 Å². The molecule has 2 nitrogen and oxygen atoms in total. The summed E-state index contributed by atoms with van der Waals surface area (Å²) >= 11 is 1.77. The second-order valence-corrected chi connectivity index (χ2v) is 5.41. The number of anilines is 1. The predicted octanol–water partition coefficient (Wildman–Crippen LogP) is 4.66. The molecule has 0 aliphatic carbocycles. The van der Waals surface area contributed by atoms with Crippen LogP contribution in [-0.4, -0.2) is 6.21 Å². The van der Waals surface area contributed by atoms with E-state index in [2.05, 4.69) is 41.7 Å². The van der Waals surface area contributed by atoms with E-state index in [0.717, 1.165) is 5.69 Å². The number of thiophene rings is 1. The van der Waals surface area contributed by atoms with Crippen molar-refractivity contribution in [2.45, 2.75) is 6.92 Å². The zero-order valence-electron chi connectivity index (χ0n) is 10.6. The quantitative estimate of drug-likeness (QED) is 0.541. The highest BCUT2D eigenvalue weighted by Gasteiger charge is 2.05. The predicted molar refractivity (Wildman–Crippen MR) is 84.2 cm³/mol. The summed E-state index contributed by atoms with van der Waals surface area (Å²) < 4.78 is 1.31. The largest absolute Gasteiger partial charge is 0.278 e. The van der Waals surface area contributed by atoms with Crippen LogP contribution in [0.3, 0.4) is 0 Å². The number of para-hydroxylation sites is 1. The molecule has 0 unspecified atom stereocenters. The van der Waals surface area contributed by atoms with Crippen LogP contribution in [-0.2, 0) is 0 Å². The SMILES string of the molecule is Cc1c(/C=N/Nc2ccccc2)sc2ccccc12. The Labute approximate surface area is 116 Å². The number of hydrogen-bond acceptors (Lipinski definition) is 3. The molecular formula is C16H14N2S. The lowest BCUT2D eigenvalue weighted by molar-refractivity contribution is 1.35. The molecule has 3 aromatic rings. The first kappa shape index (κ1) is 11.9. The number of hydrogen-bond donors (Lipinski definition) is 1. The Balaban J connectivity index is 1.83. The van der Waals surface area contributed by atoms with Crippen LogP contribution in [0.2, 0.25) is 0 Å². The summed E-state index contributed by atoms with van der Waals surface area (Å²) in [5.74, 6) is 0. The molecule has 1 N–H and O–H groups in total. The summed E-state index contributed by atoms with van der Waals surface area (Å²) in [5, 5.41) is 5.62. The van der Waals surface area contributed by atoms with Crippen LogP contribution >= 0.6 is 11.3 Å². The number of rotatable bonds is 3. The Morgan fingerprint density at radius 2 is 1.74 bits per heavy atom. The van der Waals surface area contributed by atoms with E-state index in [1.54, 1.807) is 11.3 Å². The van der Waals surface area contributed by atoms with Crippen LogP contribution in [0.15, 0.2) is 59.7 Å². The van der Waals surface area contributed by atoms with Gasteiger partial charge in [0.1, 0.15) is 0 Å². The van der Waals surface area contributed by atoms with Crippen LogP contribution in [0.25, 0.3) is 10.1 Å². The van der Waals surface area contributed by atoms with Crippen molar-refractivity contribution < 1.29 is 0 Å². The average Bonchev–Trinajstić information content (AvgIpc) is 2.78. The van der Waals surface area contributed by atoms with Crippen molar-refractivity contribution in [2.75, 3.05) is 5.43 Å². The lowest BCUT2D eigenvalue weighted by Gasteiger charge is -1.97. The molecule has 0 saturated carbocycles. The first-order chi connectivity index (χ1) is 9.34. The standard InChI is InChI=1S/C16H14N2S/c1-12-14-9-5-6-10-15(14)19-16(12)11-17-18-13-7-3-2-4-8-13/h2-11,18H,1H3/b17-11+. The summed E-state index contributed by atoms with van der Waals surface area (Å²) in [4.78, 5) is 1.20. The summed E-state index contributed by atoms with van der Waals surface area (Å²) in [6.45, 7) is 2.14. The molecule has 0 amide bonds. The smallest absolute Gasteiger partial charge is 0.0647 e. The first-order valence-corrected chi connectivity index (χ1v) is 6.98. The molecule has 0 radical (unpaired) electrons. The van der Waals surface area contributed by atoms with Crippen molar-refractivity contribution in [3.8, 4) is 0 Å². The maximum absolute atomic E-state index is 4.30. The van der Waals surface area contributed by atoms with Gasteiger partial charge in [0.25, 0.3) is 0 Å². The molecule has 0 aliphatic rings. The molecule has 0 fully saturated rings. The van der Waals surface area contributed by atoms with Crippen molar-refractivity contribution in [3.05, 3.63) is 65.0 Å². The molecule has 94 valence electrons. The molecule has 3 rings (SSSR count). The van der Waals surface area contributed by atoms with E-state index < -0.39 is 0 Å². The molecule has 2 aromatic carbocycles. The van der Waals surface area contributed by atoms with Crippen LogP contribution in [0, 0.1) is 6.92 Å². The van der Waals surface area contributed by atoms with Crippen LogP contribution in [0.1, 0.15) is 10.4 Å². The fourth-order valence-corrected chi connectivity index (χ4v) is 3.08. The molecule has 1 heterocycles. The van der Waals surface area contributed by atoms with Crippen LogP contribution in [0.5, 0.6) is 0 Å². The minimum absolute atomic E-state index is 0.998. The number of hydrazone groups is 1. The second kappa shape index (κ2) is 5.24. The van der Waals surface area contributed by atoms with Gasteiger partial charge < -0.3 is 0 Å². The minimum Gasteiger partial charge on any atom is -0.278 e. The number of fused-ring (bicyclic) bond motifs is 1. The van der Waals surface area contributed by atoms with Crippen molar-refractivity contribution in [3.63, 3.8) is 0 Å². The van der Waals surface area contributed by atoms with Gasteiger partial charge in [0.05, 0.1) is 16.8 Å². The topological polar surface area (TPSA) is 24.4 Å². The summed E-state index contributed by atoms with van der Waals surface area (Å²) in [6.07, 6.45) is 1.90. The molecule has 1 aromatic heterocycles. The van der Waals surface area contributed by atoms with Crippen molar-refractivity contribution >= 4 is 33.3 Å². The maximum Gasteiger partial charge on any atom is 0.0647 e. The monoisotopic (exact) mass is 266 g/mol. The van der Waals surface area contributed by atoms with E-state index >= 15 is 0 Å². The van der Waals surface area contributed by atoms with Gasteiger partial charge in [-0.15, -0.1) is 11.3 Å².